The molecule has 0 spiro atoms. The van der Waals surface area contributed by atoms with Gasteiger partial charge in [-0.05, 0) is 100.0 Å². The van der Waals surface area contributed by atoms with Crippen molar-refractivity contribution in [1.29, 1.82) is 5.26 Å². The minimum Gasteiger partial charge on any atom is -0.494 e. The molecule has 0 bridgehead atoms. The van der Waals surface area contributed by atoms with E-state index >= 15 is 0 Å². The molecule has 0 aliphatic heterocycles. The van der Waals surface area contributed by atoms with Crippen LogP contribution in [0.3, 0.4) is 0 Å². The summed E-state index contributed by atoms with van der Waals surface area (Å²) in [6.45, 7) is 0.698. The minimum atomic E-state index is -0.286. The average molecular weight is 571 g/mol. The Kier molecular flexibility index (Phi) is 8.36. The van der Waals surface area contributed by atoms with Crippen LogP contribution in [0.2, 0.25) is 0 Å². The van der Waals surface area contributed by atoms with E-state index in [1.54, 1.807) is 18.4 Å². The first-order valence-electron chi connectivity index (χ1n) is 15.0. The van der Waals surface area contributed by atoms with Crippen LogP contribution in [0.1, 0.15) is 92.4 Å². The maximum absolute atomic E-state index is 14.0. The number of benzene rings is 1. The van der Waals surface area contributed by atoms with E-state index in [2.05, 4.69) is 40.3 Å². The Balaban J connectivity index is 1.19. The lowest BCUT2D eigenvalue weighted by Gasteiger charge is -2.35. The maximum Gasteiger partial charge on any atom is 0.230 e. The monoisotopic (exact) mass is 570 g/mol. The average Bonchev–Trinajstić information content (AvgIpc) is 3.75. The van der Waals surface area contributed by atoms with E-state index in [1.165, 1.54) is 17.8 Å². The molecule has 3 fully saturated rings. The number of aliphatic hydroxyl groups excluding tert-OH is 1. The SMILES string of the molecule is COc1ccc([C@H]2CC[C@H](CN(c3cccc(-c4cnc(C5CC5)s4)c3)C(=O)[C@H]3CC[C@H](O)CC3)CC2)nc1C#N. The van der Waals surface area contributed by atoms with Crippen LogP contribution in [0.25, 0.3) is 10.4 Å². The van der Waals surface area contributed by atoms with Gasteiger partial charge in [-0.15, -0.1) is 11.3 Å². The van der Waals surface area contributed by atoms with Gasteiger partial charge in [0.25, 0.3) is 0 Å². The number of hydrogen-bond acceptors (Lipinski definition) is 7. The number of ether oxygens (including phenoxy) is 1. The molecule has 2 heterocycles. The Morgan fingerprint density at radius 3 is 2.51 bits per heavy atom. The first-order valence-corrected chi connectivity index (χ1v) is 15.8. The number of thiazole rings is 1. The molecule has 1 aromatic carbocycles. The predicted molar refractivity (Wildman–Crippen MR) is 160 cm³/mol. The van der Waals surface area contributed by atoms with Crippen molar-refractivity contribution in [3.8, 4) is 22.3 Å². The molecular formula is C33H38N4O3S. The maximum atomic E-state index is 14.0. The lowest BCUT2D eigenvalue weighted by molar-refractivity contribution is -0.124. The van der Waals surface area contributed by atoms with E-state index < -0.39 is 0 Å². The first kappa shape index (κ1) is 27.9. The van der Waals surface area contributed by atoms with Crippen LogP contribution < -0.4 is 9.64 Å². The number of aromatic nitrogens is 2. The van der Waals surface area contributed by atoms with Gasteiger partial charge in [0, 0.05) is 41.9 Å². The fraction of sp³-hybridized carbons (Fsp3) is 0.515. The molecular weight excluding hydrogens is 532 g/mol. The van der Waals surface area contributed by atoms with E-state index in [4.69, 9.17) is 4.74 Å². The number of pyridine rings is 1. The zero-order valence-corrected chi connectivity index (χ0v) is 24.5. The van der Waals surface area contributed by atoms with Crippen molar-refractivity contribution in [3.05, 3.63) is 59.0 Å². The number of aliphatic hydroxyl groups is 1. The van der Waals surface area contributed by atoms with Crippen LogP contribution in [-0.4, -0.2) is 40.7 Å². The quantitative estimate of drug-likeness (QED) is 0.319. The third-order valence-corrected chi connectivity index (χ3v) is 10.3. The normalized spacial score (nSPS) is 24.4. The predicted octanol–water partition coefficient (Wildman–Crippen LogP) is 6.82. The third-order valence-electron chi connectivity index (χ3n) is 9.12. The summed E-state index contributed by atoms with van der Waals surface area (Å²) >= 11 is 1.78. The first-order chi connectivity index (χ1) is 20.0. The van der Waals surface area contributed by atoms with E-state index in [9.17, 15) is 15.2 Å². The Labute approximate surface area is 246 Å². The molecule has 6 rings (SSSR count). The lowest BCUT2D eigenvalue weighted by Crippen LogP contribution is -2.41. The van der Waals surface area contributed by atoms with Crippen molar-refractivity contribution >= 4 is 22.9 Å². The van der Waals surface area contributed by atoms with Crippen molar-refractivity contribution in [2.24, 2.45) is 11.8 Å². The fourth-order valence-corrected chi connectivity index (χ4v) is 7.55. The Morgan fingerprint density at radius 2 is 1.80 bits per heavy atom. The number of carbonyl (C=O) groups is 1. The largest absolute Gasteiger partial charge is 0.494 e. The van der Waals surface area contributed by atoms with E-state index in [-0.39, 0.29) is 17.9 Å². The third kappa shape index (κ3) is 6.32. The number of anilines is 1. The van der Waals surface area contributed by atoms with E-state index in [0.29, 0.717) is 48.6 Å². The van der Waals surface area contributed by atoms with Gasteiger partial charge in [-0.25, -0.2) is 9.97 Å². The second-order valence-corrected chi connectivity index (χ2v) is 13.0. The summed E-state index contributed by atoms with van der Waals surface area (Å²) in [6.07, 6.45) is 11.0. The molecule has 3 aliphatic carbocycles. The molecule has 1 N–H and O–H groups in total. The molecule has 214 valence electrons. The standard InChI is InChI=1S/C33H38N4O3S/c1-40-30-16-15-28(36-29(30)18-34)22-7-5-21(6-8-22)20-37(33(39)24-11-13-27(38)14-12-24)26-4-2-3-25(17-26)31-19-35-32(41-31)23-9-10-23/h2-4,15-17,19,21-24,27,38H,5-14,20H2,1H3/t21-,22-,24-,27-. The number of nitrogens with zero attached hydrogens (tertiary/aromatic N) is 4. The summed E-state index contributed by atoms with van der Waals surface area (Å²) in [6, 6.07) is 14.4. The fourth-order valence-electron chi connectivity index (χ4n) is 6.47. The Bertz CT molecular complexity index is 1410. The molecule has 0 unspecified atom stereocenters. The molecule has 2 aromatic heterocycles. The van der Waals surface area contributed by atoms with Gasteiger partial charge < -0.3 is 14.7 Å². The zero-order chi connectivity index (χ0) is 28.3. The van der Waals surface area contributed by atoms with Gasteiger partial charge in [0.15, 0.2) is 11.4 Å². The highest BCUT2D eigenvalue weighted by Crippen LogP contribution is 2.44. The van der Waals surface area contributed by atoms with Crippen LogP contribution in [0.5, 0.6) is 5.75 Å². The Morgan fingerprint density at radius 1 is 1.05 bits per heavy atom. The van der Waals surface area contributed by atoms with Gasteiger partial charge in [-0.2, -0.15) is 5.26 Å². The number of amides is 1. The van der Waals surface area contributed by atoms with Gasteiger partial charge in [-0.3, -0.25) is 4.79 Å². The second kappa shape index (κ2) is 12.3. The number of hydrogen-bond donors (Lipinski definition) is 1. The molecule has 41 heavy (non-hydrogen) atoms. The van der Waals surface area contributed by atoms with Crippen LogP contribution in [0, 0.1) is 23.2 Å². The lowest BCUT2D eigenvalue weighted by atomic mass is 9.79. The molecule has 8 heteroatoms. The van der Waals surface area contributed by atoms with Crippen LogP contribution >= 0.6 is 11.3 Å². The summed E-state index contributed by atoms with van der Waals surface area (Å²) in [5, 5.41) is 20.8. The molecule has 7 nitrogen and oxygen atoms in total. The van der Waals surface area contributed by atoms with E-state index in [1.807, 2.05) is 23.2 Å². The smallest absolute Gasteiger partial charge is 0.230 e. The highest BCUT2D eigenvalue weighted by molar-refractivity contribution is 7.15. The molecule has 3 aromatic rings. The van der Waals surface area contributed by atoms with Gasteiger partial charge in [0.05, 0.1) is 23.1 Å². The highest BCUT2D eigenvalue weighted by atomic mass is 32.1. The van der Waals surface area contributed by atoms with Gasteiger partial charge in [0.2, 0.25) is 5.91 Å². The zero-order valence-electron chi connectivity index (χ0n) is 23.7. The summed E-state index contributed by atoms with van der Waals surface area (Å²) < 4.78 is 5.27. The van der Waals surface area contributed by atoms with Crippen LogP contribution in [0.15, 0.2) is 42.6 Å². The molecule has 3 saturated carbocycles. The van der Waals surface area contributed by atoms with E-state index in [0.717, 1.165) is 60.3 Å². The van der Waals surface area contributed by atoms with Crippen LogP contribution in [-0.2, 0) is 4.79 Å². The summed E-state index contributed by atoms with van der Waals surface area (Å²) in [5.41, 5.74) is 3.37. The summed E-state index contributed by atoms with van der Waals surface area (Å²) in [4.78, 5) is 26.5. The summed E-state index contributed by atoms with van der Waals surface area (Å²) in [5.74, 6) is 1.99. The number of rotatable bonds is 8. The molecule has 0 atom stereocenters. The number of carbonyl (C=O) groups excluding carboxylic acids is 1. The minimum absolute atomic E-state index is 0.0452. The number of methoxy groups -OCH3 is 1. The van der Waals surface area contributed by atoms with Gasteiger partial charge in [0.1, 0.15) is 6.07 Å². The molecule has 0 saturated heterocycles. The second-order valence-electron chi connectivity index (χ2n) is 12.0. The molecule has 1 amide bonds. The van der Waals surface area contributed by atoms with Crippen molar-refractivity contribution in [2.45, 2.75) is 82.1 Å². The van der Waals surface area contributed by atoms with Crippen molar-refractivity contribution in [1.82, 2.24) is 9.97 Å². The van der Waals surface area contributed by atoms with Crippen molar-refractivity contribution in [3.63, 3.8) is 0 Å². The highest BCUT2D eigenvalue weighted by Gasteiger charge is 2.33. The number of nitriles is 1. The molecule has 0 radical (unpaired) electrons. The summed E-state index contributed by atoms with van der Waals surface area (Å²) in [7, 11) is 1.56. The van der Waals surface area contributed by atoms with Crippen molar-refractivity contribution in [2.75, 3.05) is 18.6 Å². The van der Waals surface area contributed by atoms with Gasteiger partial charge >= 0.3 is 0 Å². The Hall–Kier alpha value is -3.28. The van der Waals surface area contributed by atoms with Gasteiger partial charge in [-0.1, -0.05) is 12.1 Å². The van der Waals surface area contributed by atoms with Crippen LogP contribution in [0.4, 0.5) is 5.69 Å². The molecule has 3 aliphatic rings. The van der Waals surface area contributed by atoms with Crippen molar-refractivity contribution < 1.29 is 14.6 Å². The topological polar surface area (TPSA) is 99.3 Å².